The number of carbonyl (C=O) groups is 1. The van der Waals surface area contributed by atoms with E-state index in [1.807, 2.05) is 19.1 Å². The van der Waals surface area contributed by atoms with Crippen LogP contribution in [0.25, 0.3) is 0 Å². The second-order valence-electron chi connectivity index (χ2n) is 4.77. The Morgan fingerprint density at radius 2 is 1.95 bits per heavy atom. The molecule has 21 heavy (non-hydrogen) atoms. The summed E-state index contributed by atoms with van der Waals surface area (Å²) in [5, 5.41) is 3.57. The summed E-state index contributed by atoms with van der Waals surface area (Å²) < 4.78 is 13.5. The molecule has 2 rings (SSSR count). The third-order valence-electron chi connectivity index (χ3n) is 3.10. The van der Waals surface area contributed by atoms with E-state index in [-0.39, 0.29) is 24.2 Å². The lowest BCUT2D eigenvalue weighted by molar-refractivity contribution is -0.121. The van der Waals surface area contributed by atoms with Crippen molar-refractivity contribution in [2.45, 2.75) is 19.4 Å². The fraction of sp³-hybridized carbons (Fsp3) is 0.188. The Kier molecular flexibility index (Phi) is 5.37. The molecule has 0 heterocycles. The standard InChI is InChI=1S/C16H14BrClFNO/c1-10(12-3-5-13(18)6-4-12)20-16(21)9-11-2-7-15(19)14(17)8-11/h2-8,10H,9H2,1H3,(H,20,21). The summed E-state index contributed by atoms with van der Waals surface area (Å²) in [4.78, 5) is 12.0. The van der Waals surface area contributed by atoms with Crippen molar-refractivity contribution in [3.63, 3.8) is 0 Å². The van der Waals surface area contributed by atoms with Crippen LogP contribution in [-0.2, 0) is 11.2 Å². The maximum atomic E-state index is 13.1. The largest absolute Gasteiger partial charge is 0.349 e. The highest BCUT2D eigenvalue weighted by atomic mass is 79.9. The predicted molar refractivity (Wildman–Crippen MR) is 85.8 cm³/mol. The van der Waals surface area contributed by atoms with Crippen molar-refractivity contribution in [1.82, 2.24) is 5.32 Å². The van der Waals surface area contributed by atoms with Crippen LogP contribution in [0.1, 0.15) is 24.1 Å². The third kappa shape index (κ3) is 4.55. The van der Waals surface area contributed by atoms with E-state index in [2.05, 4.69) is 21.2 Å². The molecule has 1 amide bonds. The molecule has 110 valence electrons. The summed E-state index contributed by atoms with van der Waals surface area (Å²) in [6, 6.07) is 11.8. The number of benzene rings is 2. The van der Waals surface area contributed by atoms with E-state index in [0.29, 0.717) is 9.50 Å². The van der Waals surface area contributed by atoms with E-state index in [1.165, 1.54) is 6.07 Å². The van der Waals surface area contributed by atoms with Crippen LogP contribution in [0.5, 0.6) is 0 Å². The van der Waals surface area contributed by atoms with Gasteiger partial charge in [0, 0.05) is 5.02 Å². The maximum Gasteiger partial charge on any atom is 0.224 e. The van der Waals surface area contributed by atoms with Crippen LogP contribution < -0.4 is 5.32 Å². The second kappa shape index (κ2) is 7.05. The van der Waals surface area contributed by atoms with Gasteiger partial charge in [-0.1, -0.05) is 29.8 Å². The Morgan fingerprint density at radius 1 is 1.29 bits per heavy atom. The van der Waals surface area contributed by atoms with Crippen molar-refractivity contribution in [2.24, 2.45) is 0 Å². The van der Waals surface area contributed by atoms with E-state index >= 15 is 0 Å². The highest BCUT2D eigenvalue weighted by Crippen LogP contribution is 2.18. The van der Waals surface area contributed by atoms with Gasteiger partial charge in [0.15, 0.2) is 0 Å². The molecular formula is C16H14BrClFNO. The van der Waals surface area contributed by atoms with Gasteiger partial charge in [0.1, 0.15) is 5.82 Å². The van der Waals surface area contributed by atoms with Gasteiger partial charge in [-0.15, -0.1) is 0 Å². The van der Waals surface area contributed by atoms with Gasteiger partial charge >= 0.3 is 0 Å². The molecule has 0 aromatic heterocycles. The van der Waals surface area contributed by atoms with Gasteiger partial charge in [0.2, 0.25) is 5.91 Å². The smallest absolute Gasteiger partial charge is 0.224 e. The summed E-state index contributed by atoms with van der Waals surface area (Å²) in [7, 11) is 0. The minimum Gasteiger partial charge on any atom is -0.349 e. The first-order valence-electron chi connectivity index (χ1n) is 6.44. The molecule has 0 aliphatic carbocycles. The zero-order valence-corrected chi connectivity index (χ0v) is 13.7. The Balaban J connectivity index is 1.97. The molecule has 2 aromatic rings. The lowest BCUT2D eigenvalue weighted by atomic mass is 10.1. The SMILES string of the molecule is CC(NC(=O)Cc1ccc(F)c(Br)c1)c1ccc(Cl)cc1. The van der Waals surface area contributed by atoms with E-state index in [1.54, 1.807) is 24.3 Å². The summed E-state index contributed by atoms with van der Waals surface area (Å²) in [5.74, 6) is -0.454. The van der Waals surface area contributed by atoms with Gasteiger partial charge in [-0.2, -0.15) is 0 Å². The van der Waals surface area contributed by atoms with Crippen LogP contribution in [0.3, 0.4) is 0 Å². The molecule has 0 aliphatic heterocycles. The molecule has 0 bridgehead atoms. The number of halogens is 3. The van der Waals surface area contributed by atoms with Crippen molar-refractivity contribution in [2.75, 3.05) is 0 Å². The molecule has 0 saturated heterocycles. The Labute approximate surface area is 136 Å². The van der Waals surface area contributed by atoms with Crippen molar-refractivity contribution in [3.8, 4) is 0 Å². The molecule has 0 aliphatic rings. The van der Waals surface area contributed by atoms with Gasteiger partial charge in [-0.25, -0.2) is 4.39 Å². The predicted octanol–water partition coefficient (Wildman–Crippen LogP) is 4.66. The highest BCUT2D eigenvalue weighted by molar-refractivity contribution is 9.10. The Morgan fingerprint density at radius 3 is 2.57 bits per heavy atom. The lowest BCUT2D eigenvalue weighted by Gasteiger charge is -2.14. The van der Waals surface area contributed by atoms with Crippen LogP contribution in [0.4, 0.5) is 4.39 Å². The van der Waals surface area contributed by atoms with Crippen LogP contribution in [0, 0.1) is 5.82 Å². The normalized spacial score (nSPS) is 12.0. The molecule has 1 unspecified atom stereocenters. The number of hydrogen-bond acceptors (Lipinski definition) is 1. The fourth-order valence-electron chi connectivity index (χ4n) is 1.96. The second-order valence-corrected chi connectivity index (χ2v) is 6.06. The van der Waals surface area contributed by atoms with Gasteiger partial charge in [-0.05, 0) is 58.2 Å². The molecule has 0 fully saturated rings. The minimum absolute atomic E-state index is 0.112. The van der Waals surface area contributed by atoms with Gasteiger partial charge < -0.3 is 5.32 Å². The number of carbonyl (C=O) groups excluding carboxylic acids is 1. The number of nitrogens with one attached hydrogen (secondary N) is 1. The number of hydrogen-bond donors (Lipinski definition) is 1. The van der Waals surface area contributed by atoms with E-state index in [0.717, 1.165) is 11.1 Å². The quantitative estimate of drug-likeness (QED) is 0.833. The molecule has 1 atom stereocenters. The number of rotatable bonds is 4. The molecule has 2 aromatic carbocycles. The van der Waals surface area contributed by atoms with Crippen LogP contribution in [-0.4, -0.2) is 5.91 Å². The minimum atomic E-state index is -0.339. The van der Waals surface area contributed by atoms with Crippen molar-refractivity contribution in [1.29, 1.82) is 0 Å². The van der Waals surface area contributed by atoms with Crippen molar-refractivity contribution < 1.29 is 9.18 Å². The Hall–Kier alpha value is -1.39. The van der Waals surface area contributed by atoms with Crippen LogP contribution in [0.15, 0.2) is 46.9 Å². The first kappa shape index (κ1) is 16.0. The summed E-state index contributed by atoms with van der Waals surface area (Å²) in [6.07, 6.45) is 0.205. The first-order valence-corrected chi connectivity index (χ1v) is 7.61. The summed E-state index contributed by atoms with van der Waals surface area (Å²) >= 11 is 8.95. The molecule has 0 saturated carbocycles. The fourth-order valence-corrected chi connectivity index (χ4v) is 2.51. The monoisotopic (exact) mass is 369 g/mol. The Bertz CT molecular complexity index is 645. The first-order chi connectivity index (χ1) is 9.95. The molecule has 1 N–H and O–H groups in total. The van der Waals surface area contributed by atoms with E-state index < -0.39 is 0 Å². The zero-order valence-electron chi connectivity index (χ0n) is 11.4. The molecule has 0 radical (unpaired) electrons. The summed E-state index contributed by atoms with van der Waals surface area (Å²) in [5.41, 5.74) is 1.73. The van der Waals surface area contributed by atoms with Gasteiger partial charge in [0.05, 0.1) is 16.9 Å². The zero-order chi connectivity index (χ0) is 15.4. The molecule has 2 nitrogen and oxygen atoms in total. The van der Waals surface area contributed by atoms with E-state index in [4.69, 9.17) is 11.6 Å². The molecule has 5 heteroatoms. The third-order valence-corrected chi connectivity index (χ3v) is 3.96. The van der Waals surface area contributed by atoms with Gasteiger partial charge in [0.25, 0.3) is 0 Å². The average molecular weight is 371 g/mol. The van der Waals surface area contributed by atoms with Gasteiger partial charge in [-0.3, -0.25) is 4.79 Å². The van der Waals surface area contributed by atoms with Crippen LogP contribution >= 0.6 is 27.5 Å². The average Bonchev–Trinajstić information content (AvgIpc) is 2.43. The summed E-state index contributed by atoms with van der Waals surface area (Å²) in [6.45, 7) is 1.90. The van der Waals surface area contributed by atoms with Crippen molar-refractivity contribution >= 4 is 33.4 Å². The highest BCUT2D eigenvalue weighted by Gasteiger charge is 2.11. The van der Waals surface area contributed by atoms with E-state index in [9.17, 15) is 9.18 Å². The molecular weight excluding hydrogens is 357 g/mol. The topological polar surface area (TPSA) is 29.1 Å². The number of amides is 1. The van der Waals surface area contributed by atoms with Crippen molar-refractivity contribution in [3.05, 3.63) is 68.9 Å². The lowest BCUT2D eigenvalue weighted by Crippen LogP contribution is -2.28. The molecule has 0 spiro atoms. The maximum absolute atomic E-state index is 13.1. The van der Waals surface area contributed by atoms with Crippen LogP contribution in [0.2, 0.25) is 5.02 Å².